The van der Waals surface area contributed by atoms with Crippen molar-refractivity contribution in [3.05, 3.63) is 69.8 Å². The van der Waals surface area contributed by atoms with Gasteiger partial charge in [-0.25, -0.2) is 13.1 Å². The number of nitro benzene ring substituents is 1. The van der Waals surface area contributed by atoms with Gasteiger partial charge in [-0.3, -0.25) is 14.9 Å². The van der Waals surface area contributed by atoms with E-state index in [1.165, 1.54) is 18.2 Å². The molecule has 174 valence electrons. The molecule has 2 rings (SSSR count). The Hall–Kier alpha value is -2.99. The molecule has 1 N–H and O–H groups in total. The molecule has 0 spiro atoms. The molecule has 2 aromatic rings. The molecule has 32 heavy (non-hydrogen) atoms. The van der Waals surface area contributed by atoms with Crippen LogP contribution >= 0.6 is 0 Å². The third-order valence-electron chi connectivity index (χ3n) is 4.59. The first kappa shape index (κ1) is 25.3. The average Bonchev–Trinajstić information content (AvgIpc) is 2.71. The number of nitrogens with one attached hydrogen (secondary N) is 1. The summed E-state index contributed by atoms with van der Waals surface area (Å²) in [4.78, 5) is 23.5. The summed E-state index contributed by atoms with van der Waals surface area (Å²) in [5, 5.41) is 11.2. The van der Waals surface area contributed by atoms with Crippen LogP contribution in [-0.2, 0) is 16.6 Å². The number of rotatable bonds is 9. The normalized spacial score (nSPS) is 12.9. The maximum Gasteiger partial charge on any atom is 0.406 e. The highest BCUT2D eigenvalue weighted by Crippen LogP contribution is 2.24. The monoisotopic (exact) mass is 473 g/mol. The second-order valence-electron chi connectivity index (χ2n) is 7.12. The zero-order valence-electron chi connectivity index (χ0n) is 17.3. The lowest BCUT2D eigenvalue weighted by molar-refractivity contribution is -0.385. The molecule has 1 amide bonds. The standard InChI is InChI=1S/C20H22F3N3O5S/c1-3-14(2)24-32(30,31)17-10-8-15(9-11-17)19(27)25(13-20(21,22)23)12-16-6-4-5-7-18(16)26(28)29/h4-11,14,24H,3,12-13H2,1-2H3. The van der Waals surface area contributed by atoms with Crippen molar-refractivity contribution in [1.82, 2.24) is 9.62 Å². The van der Waals surface area contributed by atoms with E-state index in [4.69, 9.17) is 0 Å². The zero-order chi connectivity index (χ0) is 24.1. The molecular formula is C20H22F3N3O5S. The zero-order valence-corrected chi connectivity index (χ0v) is 18.1. The molecule has 0 aliphatic rings. The number of amides is 1. The van der Waals surface area contributed by atoms with Crippen LogP contribution < -0.4 is 4.72 Å². The molecule has 0 aliphatic carbocycles. The second-order valence-corrected chi connectivity index (χ2v) is 8.83. The van der Waals surface area contributed by atoms with Gasteiger partial charge in [0.25, 0.3) is 11.6 Å². The quantitative estimate of drug-likeness (QED) is 0.439. The molecule has 0 aliphatic heterocycles. The third-order valence-corrected chi connectivity index (χ3v) is 6.19. The Balaban J connectivity index is 2.33. The number of hydrogen-bond acceptors (Lipinski definition) is 5. The number of hydrogen-bond donors (Lipinski definition) is 1. The van der Waals surface area contributed by atoms with Gasteiger partial charge in [0, 0.05) is 23.2 Å². The number of halogens is 3. The van der Waals surface area contributed by atoms with Gasteiger partial charge < -0.3 is 4.90 Å². The van der Waals surface area contributed by atoms with E-state index in [2.05, 4.69) is 4.72 Å². The molecule has 8 nitrogen and oxygen atoms in total. The smallest absolute Gasteiger partial charge is 0.325 e. The van der Waals surface area contributed by atoms with Gasteiger partial charge in [-0.15, -0.1) is 0 Å². The topological polar surface area (TPSA) is 110 Å². The van der Waals surface area contributed by atoms with E-state index >= 15 is 0 Å². The fourth-order valence-electron chi connectivity index (χ4n) is 2.82. The lowest BCUT2D eigenvalue weighted by Gasteiger charge is -2.24. The van der Waals surface area contributed by atoms with E-state index in [0.717, 1.165) is 30.3 Å². The summed E-state index contributed by atoms with van der Waals surface area (Å²) in [5.74, 6) is -1.04. The Morgan fingerprint density at radius 1 is 1.16 bits per heavy atom. The van der Waals surface area contributed by atoms with Gasteiger partial charge in [-0.1, -0.05) is 25.1 Å². The maximum absolute atomic E-state index is 13.1. The number of nitrogens with zero attached hydrogens (tertiary/aromatic N) is 2. The van der Waals surface area contributed by atoms with Crippen molar-refractivity contribution in [2.75, 3.05) is 6.54 Å². The van der Waals surface area contributed by atoms with Gasteiger partial charge in [0.15, 0.2) is 0 Å². The minimum Gasteiger partial charge on any atom is -0.325 e. The molecule has 1 unspecified atom stereocenters. The molecule has 2 aromatic carbocycles. The van der Waals surface area contributed by atoms with E-state index in [9.17, 15) is 36.5 Å². The summed E-state index contributed by atoms with van der Waals surface area (Å²) >= 11 is 0. The Morgan fingerprint density at radius 3 is 2.28 bits per heavy atom. The Morgan fingerprint density at radius 2 is 1.75 bits per heavy atom. The molecule has 0 saturated carbocycles. The third kappa shape index (κ3) is 6.76. The molecule has 0 fully saturated rings. The van der Waals surface area contributed by atoms with Gasteiger partial charge >= 0.3 is 6.18 Å². The van der Waals surface area contributed by atoms with Gasteiger partial charge in [0.2, 0.25) is 10.0 Å². The summed E-state index contributed by atoms with van der Waals surface area (Å²) in [6.45, 7) is 1.19. The largest absolute Gasteiger partial charge is 0.406 e. The number of carbonyl (C=O) groups is 1. The molecule has 0 saturated heterocycles. The fraction of sp³-hybridized carbons (Fsp3) is 0.350. The van der Waals surface area contributed by atoms with E-state index < -0.39 is 45.8 Å². The number of carbonyl (C=O) groups excluding carboxylic acids is 1. The Bertz CT molecular complexity index is 1070. The molecule has 0 aromatic heterocycles. The van der Waals surface area contributed by atoms with Crippen LogP contribution in [0.2, 0.25) is 0 Å². The van der Waals surface area contributed by atoms with Crippen molar-refractivity contribution in [3.63, 3.8) is 0 Å². The maximum atomic E-state index is 13.1. The predicted octanol–water partition coefficient (Wildman–Crippen LogP) is 3.88. The number of benzene rings is 2. The summed E-state index contributed by atoms with van der Waals surface area (Å²) in [6.07, 6.45) is -4.20. The van der Waals surface area contributed by atoms with Crippen LogP contribution in [0.5, 0.6) is 0 Å². The van der Waals surface area contributed by atoms with Crippen molar-refractivity contribution in [3.8, 4) is 0 Å². The van der Waals surface area contributed by atoms with E-state index in [0.29, 0.717) is 11.3 Å². The van der Waals surface area contributed by atoms with Gasteiger partial charge in [0.05, 0.1) is 16.4 Å². The summed E-state index contributed by atoms with van der Waals surface area (Å²) in [5.41, 5.74) is -0.660. The number of nitro groups is 1. The first-order valence-corrected chi connectivity index (χ1v) is 11.0. The van der Waals surface area contributed by atoms with Crippen molar-refractivity contribution in [2.45, 2.75) is 43.9 Å². The second kappa shape index (κ2) is 10.1. The van der Waals surface area contributed by atoms with Crippen molar-refractivity contribution in [1.29, 1.82) is 0 Å². The average molecular weight is 473 g/mol. The first-order chi connectivity index (χ1) is 14.8. The SMILES string of the molecule is CCC(C)NS(=O)(=O)c1ccc(C(=O)N(Cc2ccccc2[N+](=O)[O-])CC(F)(F)F)cc1. The highest BCUT2D eigenvalue weighted by Gasteiger charge is 2.34. The first-order valence-electron chi connectivity index (χ1n) is 9.54. The van der Waals surface area contributed by atoms with Gasteiger partial charge in [-0.2, -0.15) is 13.2 Å². The highest BCUT2D eigenvalue weighted by molar-refractivity contribution is 7.89. The molecular weight excluding hydrogens is 451 g/mol. The minimum absolute atomic E-state index is 0.0629. The molecule has 1 atom stereocenters. The fourth-order valence-corrected chi connectivity index (χ4v) is 4.15. The predicted molar refractivity (Wildman–Crippen MR) is 110 cm³/mol. The Kier molecular flexibility index (Phi) is 7.97. The molecule has 0 bridgehead atoms. The van der Waals surface area contributed by atoms with Crippen LogP contribution in [0, 0.1) is 10.1 Å². The summed E-state index contributed by atoms with van der Waals surface area (Å²) < 4.78 is 66.4. The van der Waals surface area contributed by atoms with Gasteiger partial charge in [0.1, 0.15) is 6.54 Å². The molecule has 0 heterocycles. The summed E-state index contributed by atoms with van der Waals surface area (Å²) in [7, 11) is -3.86. The van der Waals surface area contributed by atoms with Crippen molar-refractivity contribution >= 4 is 21.6 Å². The number of alkyl halides is 3. The van der Waals surface area contributed by atoms with Crippen LogP contribution in [0.3, 0.4) is 0 Å². The minimum atomic E-state index is -4.75. The van der Waals surface area contributed by atoms with Crippen molar-refractivity contribution < 1.29 is 31.3 Å². The number of sulfonamides is 1. The van der Waals surface area contributed by atoms with Crippen molar-refractivity contribution in [2.24, 2.45) is 0 Å². The van der Waals surface area contributed by atoms with Crippen LogP contribution in [-0.4, -0.2) is 42.9 Å². The lowest BCUT2D eigenvalue weighted by atomic mass is 10.1. The van der Waals surface area contributed by atoms with E-state index in [1.54, 1.807) is 13.8 Å². The lowest BCUT2D eigenvalue weighted by Crippen LogP contribution is -2.38. The molecule has 12 heteroatoms. The van der Waals surface area contributed by atoms with Crippen LogP contribution in [0.1, 0.15) is 36.2 Å². The van der Waals surface area contributed by atoms with Crippen LogP contribution in [0.15, 0.2) is 53.4 Å². The summed E-state index contributed by atoms with van der Waals surface area (Å²) in [6, 6.07) is 9.31. The van der Waals surface area contributed by atoms with E-state index in [1.807, 2.05) is 0 Å². The Labute approximate surface area is 183 Å². The molecule has 0 radical (unpaired) electrons. The van der Waals surface area contributed by atoms with Crippen LogP contribution in [0.25, 0.3) is 0 Å². The highest BCUT2D eigenvalue weighted by atomic mass is 32.2. The van der Waals surface area contributed by atoms with Crippen LogP contribution in [0.4, 0.5) is 18.9 Å². The number of para-hydroxylation sites is 1. The van der Waals surface area contributed by atoms with Gasteiger partial charge in [-0.05, 0) is 37.6 Å². The van der Waals surface area contributed by atoms with E-state index in [-0.39, 0.29) is 22.1 Å².